The summed E-state index contributed by atoms with van der Waals surface area (Å²) in [7, 11) is 0. The second-order valence-corrected chi connectivity index (χ2v) is 12.4. The molecule has 0 aliphatic rings. The molecular weight excluding hydrogens is 615 g/mol. The van der Waals surface area contributed by atoms with Crippen molar-refractivity contribution in [2.24, 2.45) is 0 Å². The molecule has 50 heavy (non-hydrogen) atoms. The highest BCUT2D eigenvalue weighted by molar-refractivity contribution is 6.15. The number of hydrogen-bond acceptors (Lipinski definition) is 5. The Hall–Kier alpha value is -6.85. The summed E-state index contributed by atoms with van der Waals surface area (Å²) in [5.41, 5.74) is 10.3. The van der Waals surface area contributed by atoms with Crippen molar-refractivity contribution in [3.63, 3.8) is 0 Å². The van der Waals surface area contributed by atoms with E-state index in [1.165, 1.54) is 0 Å². The lowest BCUT2D eigenvalue weighted by atomic mass is 9.90. The molecule has 0 aliphatic carbocycles. The summed E-state index contributed by atoms with van der Waals surface area (Å²) in [5.74, 6) is 1.71. The Balaban J connectivity index is 1.23. The maximum absolute atomic E-state index is 6.55. The Morgan fingerprint density at radius 2 is 0.820 bits per heavy atom. The van der Waals surface area contributed by atoms with Gasteiger partial charge in [-0.2, -0.15) is 0 Å². The van der Waals surface area contributed by atoms with Gasteiger partial charge in [-0.15, -0.1) is 0 Å². The highest BCUT2D eigenvalue weighted by Crippen LogP contribution is 2.43. The van der Waals surface area contributed by atoms with E-state index >= 15 is 0 Å². The highest BCUT2D eigenvalue weighted by Gasteiger charge is 2.20. The van der Waals surface area contributed by atoms with E-state index in [1.54, 1.807) is 0 Å². The summed E-state index contributed by atoms with van der Waals surface area (Å²) in [5, 5.41) is 4.25. The third-order valence-electron chi connectivity index (χ3n) is 9.34. The van der Waals surface area contributed by atoms with Crippen molar-refractivity contribution in [2.45, 2.75) is 0 Å². The van der Waals surface area contributed by atoms with Crippen molar-refractivity contribution >= 4 is 43.9 Å². The van der Waals surface area contributed by atoms with Crippen LogP contribution < -0.4 is 0 Å². The first-order valence-electron chi connectivity index (χ1n) is 16.6. The van der Waals surface area contributed by atoms with E-state index in [2.05, 4.69) is 91.0 Å². The molecule has 0 radical (unpaired) electrons. The summed E-state index contributed by atoms with van der Waals surface area (Å²) < 4.78 is 12.8. The van der Waals surface area contributed by atoms with E-state index < -0.39 is 0 Å². The fraction of sp³-hybridized carbons (Fsp3) is 0. The third kappa shape index (κ3) is 4.67. The number of rotatable bonds is 5. The van der Waals surface area contributed by atoms with Gasteiger partial charge in [-0.05, 0) is 58.7 Å². The van der Waals surface area contributed by atoms with E-state index in [9.17, 15) is 0 Å². The minimum atomic E-state index is 0.555. The summed E-state index contributed by atoms with van der Waals surface area (Å²) in [6.45, 7) is 0. The minimum absolute atomic E-state index is 0.555. The van der Waals surface area contributed by atoms with Crippen molar-refractivity contribution < 1.29 is 8.83 Å². The topological polar surface area (TPSA) is 65.0 Å². The van der Waals surface area contributed by atoms with Gasteiger partial charge in [0.05, 0.1) is 0 Å². The molecule has 0 saturated heterocycles. The number of para-hydroxylation sites is 2. The number of benzene rings is 7. The number of hydrogen-bond donors (Lipinski definition) is 0. The Bertz CT molecular complexity index is 2870. The molecule has 0 atom stereocenters. The van der Waals surface area contributed by atoms with Crippen LogP contribution in [-0.2, 0) is 0 Å². The fourth-order valence-electron chi connectivity index (χ4n) is 7.00. The van der Waals surface area contributed by atoms with Crippen LogP contribution in [0.15, 0.2) is 173 Å². The number of fused-ring (bicyclic) bond motifs is 6. The molecule has 10 rings (SSSR count). The number of aromatic nitrogens is 3. The zero-order valence-electron chi connectivity index (χ0n) is 26.7. The second-order valence-electron chi connectivity index (χ2n) is 12.4. The van der Waals surface area contributed by atoms with Gasteiger partial charge in [0.15, 0.2) is 17.5 Å². The third-order valence-corrected chi connectivity index (χ3v) is 9.34. The second kappa shape index (κ2) is 11.4. The van der Waals surface area contributed by atoms with Crippen LogP contribution in [0.4, 0.5) is 0 Å². The van der Waals surface area contributed by atoms with Gasteiger partial charge in [-0.25, -0.2) is 15.0 Å². The zero-order chi connectivity index (χ0) is 33.0. The zero-order valence-corrected chi connectivity index (χ0v) is 26.7. The summed E-state index contributed by atoms with van der Waals surface area (Å²) in [4.78, 5) is 15.2. The summed E-state index contributed by atoms with van der Waals surface area (Å²) >= 11 is 0. The SMILES string of the molecule is c1ccc(-c2nc(-c3ccc4c(c3)oc3ccccc34)nc(-c3cc(-c4ccccc4-c4ccccc4)c4c(c3)oc3ccccc34)n2)cc1. The van der Waals surface area contributed by atoms with Crippen molar-refractivity contribution in [1.29, 1.82) is 0 Å². The van der Waals surface area contributed by atoms with Gasteiger partial charge in [0.25, 0.3) is 0 Å². The maximum Gasteiger partial charge on any atom is 0.164 e. The van der Waals surface area contributed by atoms with Crippen LogP contribution in [0.25, 0.3) is 100 Å². The smallest absolute Gasteiger partial charge is 0.164 e. The molecule has 7 aromatic carbocycles. The van der Waals surface area contributed by atoms with Crippen LogP contribution in [0, 0.1) is 0 Å². The lowest BCUT2D eigenvalue weighted by molar-refractivity contribution is 0.668. The lowest BCUT2D eigenvalue weighted by Crippen LogP contribution is -2.00. The predicted molar refractivity (Wildman–Crippen MR) is 202 cm³/mol. The van der Waals surface area contributed by atoms with Crippen molar-refractivity contribution in [3.05, 3.63) is 164 Å². The van der Waals surface area contributed by atoms with Gasteiger partial charge in [-0.3, -0.25) is 0 Å². The molecule has 0 amide bonds. The van der Waals surface area contributed by atoms with Gasteiger partial charge >= 0.3 is 0 Å². The van der Waals surface area contributed by atoms with Gasteiger partial charge in [-0.1, -0.05) is 127 Å². The molecule has 0 fully saturated rings. The predicted octanol–water partition coefficient (Wildman–Crippen LogP) is 12.0. The van der Waals surface area contributed by atoms with E-state index in [-0.39, 0.29) is 0 Å². The van der Waals surface area contributed by atoms with Crippen LogP contribution in [0.2, 0.25) is 0 Å². The molecule has 0 saturated carbocycles. The quantitative estimate of drug-likeness (QED) is 0.187. The van der Waals surface area contributed by atoms with Crippen molar-refractivity contribution in [3.8, 4) is 56.4 Å². The van der Waals surface area contributed by atoms with E-state index in [1.807, 2.05) is 72.8 Å². The Morgan fingerprint density at radius 1 is 0.300 bits per heavy atom. The Kier molecular flexibility index (Phi) is 6.42. The Labute approximate surface area is 287 Å². The highest BCUT2D eigenvalue weighted by atomic mass is 16.3. The molecule has 0 unspecified atom stereocenters. The first-order valence-corrected chi connectivity index (χ1v) is 16.6. The van der Waals surface area contributed by atoms with Crippen molar-refractivity contribution in [2.75, 3.05) is 0 Å². The fourth-order valence-corrected chi connectivity index (χ4v) is 7.00. The molecule has 0 spiro atoms. The molecular formula is C45H27N3O2. The van der Waals surface area contributed by atoms with Crippen LogP contribution in [-0.4, -0.2) is 15.0 Å². The molecule has 0 aliphatic heterocycles. The lowest BCUT2D eigenvalue weighted by Gasteiger charge is -2.14. The molecule has 0 bridgehead atoms. The van der Waals surface area contributed by atoms with Crippen molar-refractivity contribution in [1.82, 2.24) is 15.0 Å². The van der Waals surface area contributed by atoms with Crippen LogP contribution in [0.1, 0.15) is 0 Å². The monoisotopic (exact) mass is 641 g/mol. The average molecular weight is 642 g/mol. The molecule has 234 valence electrons. The standard InChI is InChI=1S/C45H27N3O2/c1-3-13-28(14-4-1)32-17-7-8-18-33(32)37-25-31(27-41-42(37)36-20-10-12-22-39(36)50-41)45-47-43(29-15-5-2-6-16-29)46-44(48-45)30-23-24-35-34-19-9-11-21-38(34)49-40(35)26-30/h1-27H. The number of furan rings is 2. The van der Waals surface area contributed by atoms with Gasteiger partial charge in [0.1, 0.15) is 22.3 Å². The van der Waals surface area contributed by atoms with E-state index in [0.29, 0.717) is 17.5 Å². The summed E-state index contributed by atoms with van der Waals surface area (Å²) in [6, 6.07) is 55.8. The number of nitrogens with zero attached hydrogens (tertiary/aromatic N) is 3. The molecule has 0 N–H and O–H groups in total. The maximum atomic E-state index is 6.55. The summed E-state index contributed by atoms with van der Waals surface area (Å²) in [6.07, 6.45) is 0. The van der Waals surface area contributed by atoms with Crippen LogP contribution >= 0.6 is 0 Å². The van der Waals surface area contributed by atoms with E-state index in [4.69, 9.17) is 23.8 Å². The largest absolute Gasteiger partial charge is 0.456 e. The van der Waals surface area contributed by atoms with E-state index in [0.717, 1.165) is 82.8 Å². The Morgan fingerprint density at radius 3 is 1.58 bits per heavy atom. The normalized spacial score (nSPS) is 11.6. The van der Waals surface area contributed by atoms with Gasteiger partial charge < -0.3 is 8.83 Å². The molecule has 10 aromatic rings. The molecule has 3 heterocycles. The molecule has 5 nitrogen and oxygen atoms in total. The van der Waals surface area contributed by atoms with Gasteiger partial charge in [0, 0.05) is 38.2 Å². The molecule has 3 aromatic heterocycles. The first-order chi connectivity index (χ1) is 24.8. The minimum Gasteiger partial charge on any atom is -0.456 e. The van der Waals surface area contributed by atoms with Gasteiger partial charge in [0.2, 0.25) is 0 Å². The average Bonchev–Trinajstić information content (AvgIpc) is 3.76. The first kappa shape index (κ1) is 28.2. The van der Waals surface area contributed by atoms with Crippen LogP contribution in [0.3, 0.4) is 0 Å². The molecule has 5 heteroatoms. The van der Waals surface area contributed by atoms with Crippen LogP contribution in [0.5, 0.6) is 0 Å².